The topological polar surface area (TPSA) is 75.4 Å². The van der Waals surface area contributed by atoms with Crippen LogP contribution in [0.5, 0.6) is 5.75 Å². The maximum absolute atomic E-state index is 12.0. The molecule has 0 saturated heterocycles. The number of phenols is 1. The Balaban J connectivity index is 2.54. The van der Waals surface area contributed by atoms with Crippen LogP contribution in [0, 0.1) is 18.3 Å². The van der Waals surface area contributed by atoms with Gasteiger partial charge >= 0.3 is 0 Å². The molecule has 1 amide bonds. The Labute approximate surface area is 127 Å². The monoisotopic (exact) mass is 292 g/mol. The van der Waals surface area contributed by atoms with Crippen LogP contribution in [0.15, 0.2) is 18.2 Å². The van der Waals surface area contributed by atoms with E-state index in [1.807, 2.05) is 6.92 Å². The van der Waals surface area contributed by atoms with Gasteiger partial charge in [-0.05, 0) is 49.3 Å². The summed E-state index contributed by atoms with van der Waals surface area (Å²) in [7, 11) is 0. The number of nitrogens with two attached hydrogens (primary N) is 1. The molecule has 118 valence electrons. The van der Waals surface area contributed by atoms with Gasteiger partial charge in [-0.3, -0.25) is 4.79 Å². The number of aromatic hydroxyl groups is 1. The largest absolute Gasteiger partial charge is 0.508 e. The lowest BCUT2D eigenvalue weighted by Crippen LogP contribution is -2.25. The Morgan fingerprint density at radius 3 is 2.52 bits per heavy atom. The molecule has 0 heterocycles. The average Bonchev–Trinajstić information content (AvgIpc) is 2.37. The van der Waals surface area contributed by atoms with Crippen LogP contribution in [0.25, 0.3) is 0 Å². The van der Waals surface area contributed by atoms with Crippen molar-refractivity contribution in [3.63, 3.8) is 0 Å². The quantitative estimate of drug-likeness (QED) is 0.752. The lowest BCUT2D eigenvalue weighted by Gasteiger charge is -2.30. The van der Waals surface area contributed by atoms with E-state index in [-0.39, 0.29) is 17.1 Å². The van der Waals surface area contributed by atoms with Crippen LogP contribution in [-0.2, 0) is 4.79 Å². The van der Waals surface area contributed by atoms with E-state index in [1.54, 1.807) is 18.2 Å². The first-order valence-corrected chi connectivity index (χ1v) is 7.53. The summed E-state index contributed by atoms with van der Waals surface area (Å²) in [4.78, 5) is 12.0. The second kappa shape index (κ2) is 7.46. The van der Waals surface area contributed by atoms with E-state index in [0.29, 0.717) is 24.6 Å². The normalized spacial score (nSPS) is 13.0. The molecule has 0 bridgehead atoms. The van der Waals surface area contributed by atoms with Crippen LogP contribution < -0.4 is 11.1 Å². The highest BCUT2D eigenvalue weighted by atomic mass is 16.3. The fraction of sp³-hybridized carbons (Fsp3) is 0.588. The predicted octanol–water partition coefficient (Wildman–Crippen LogP) is 3.43. The Bertz CT molecular complexity index is 478. The van der Waals surface area contributed by atoms with Crippen molar-refractivity contribution in [2.75, 3.05) is 11.9 Å². The predicted molar refractivity (Wildman–Crippen MR) is 87.3 cm³/mol. The number of benzene rings is 1. The zero-order chi connectivity index (χ0) is 16.0. The number of carbonyl (C=O) groups is 1. The van der Waals surface area contributed by atoms with Crippen molar-refractivity contribution in [2.24, 2.45) is 17.1 Å². The number of phenolic OH excluding ortho intramolecular Hbond substituents is 1. The van der Waals surface area contributed by atoms with Crippen LogP contribution in [-0.4, -0.2) is 17.6 Å². The summed E-state index contributed by atoms with van der Waals surface area (Å²) in [5.74, 6) is 0.604. The maximum atomic E-state index is 12.0. The summed E-state index contributed by atoms with van der Waals surface area (Å²) in [5.41, 5.74) is 7.24. The molecule has 1 atom stereocenters. The van der Waals surface area contributed by atoms with Crippen molar-refractivity contribution in [1.29, 1.82) is 0 Å². The third-order valence-corrected chi connectivity index (χ3v) is 3.95. The Morgan fingerprint density at radius 1 is 1.33 bits per heavy atom. The van der Waals surface area contributed by atoms with Gasteiger partial charge in [-0.1, -0.05) is 26.8 Å². The third-order valence-electron chi connectivity index (χ3n) is 3.95. The fourth-order valence-electron chi connectivity index (χ4n) is 2.43. The summed E-state index contributed by atoms with van der Waals surface area (Å²) in [6.45, 7) is 9.02. The van der Waals surface area contributed by atoms with Crippen molar-refractivity contribution in [1.82, 2.24) is 0 Å². The van der Waals surface area contributed by atoms with E-state index in [0.717, 1.165) is 18.4 Å². The van der Waals surface area contributed by atoms with Crippen molar-refractivity contribution in [3.8, 4) is 5.75 Å². The van der Waals surface area contributed by atoms with Gasteiger partial charge in [0.15, 0.2) is 0 Å². The molecule has 21 heavy (non-hydrogen) atoms. The zero-order valence-electron chi connectivity index (χ0n) is 13.6. The third kappa shape index (κ3) is 5.76. The molecule has 4 N–H and O–H groups in total. The summed E-state index contributed by atoms with van der Waals surface area (Å²) in [6, 6.07) is 5.17. The highest BCUT2D eigenvalue weighted by molar-refractivity contribution is 5.90. The number of rotatable bonds is 6. The van der Waals surface area contributed by atoms with E-state index in [4.69, 9.17) is 5.73 Å². The van der Waals surface area contributed by atoms with E-state index in [9.17, 15) is 9.90 Å². The molecule has 4 heteroatoms. The number of aryl methyl sites for hydroxylation is 1. The molecular weight excluding hydrogens is 264 g/mol. The van der Waals surface area contributed by atoms with Crippen LogP contribution >= 0.6 is 0 Å². The summed E-state index contributed by atoms with van der Waals surface area (Å²) in [5, 5.41) is 12.5. The second-order valence-electron chi connectivity index (χ2n) is 6.73. The van der Waals surface area contributed by atoms with Gasteiger partial charge in [0, 0.05) is 18.2 Å². The smallest absolute Gasteiger partial charge is 0.224 e. The Kier molecular flexibility index (Phi) is 6.21. The van der Waals surface area contributed by atoms with Gasteiger partial charge in [-0.25, -0.2) is 0 Å². The first kappa shape index (κ1) is 17.5. The standard InChI is InChI=1S/C17H28N2O2/c1-12-5-7-14(11-15(12)20)19-16(21)8-6-13(9-10-18)17(2,3)4/h5,7,11,13,20H,6,8-10,18H2,1-4H3,(H,19,21). The molecule has 0 radical (unpaired) electrons. The molecule has 1 aromatic rings. The Morgan fingerprint density at radius 2 is 2.00 bits per heavy atom. The van der Waals surface area contributed by atoms with Gasteiger partial charge < -0.3 is 16.2 Å². The average molecular weight is 292 g/mol. The number of nitrogens with one attached hydrogen (secondary N) is 1. The number of carbonyl (C=O) groups excluding carboxylic acids is 1. The minimum atomic E-state index is -0.0236. The second-order valence-corrected chi connectivity index (χ2v) is 6.73. The first-order valence-electron chi connectivity index (χ1n) is 7.53. The molecule has 0 aliphatic heterocycles. The van der Waals surface area contributed by atoms with E-state index in [1.165, 1.54) is 0 Å². The maximum Gasteiger partial charge on any atom is 0.224 e. The SMILES string of the molecule is Cc1ccc(NC(=O)CCC(CCN)C(C)(C)C)cc1O. The summed E-state index contributed by atoms with van der Waals surface area (Å²) >= 11 is 0. The lowest BCUT2D eigenvalue weighted by molar-refractivity contribution is -0.116. The number of anilines is 1. The minimum absolute atomic E-state index is 0.0236. The van der Waals surface area contributed by atoms with Gasteiger partial charge in [-0.15, -0.1) is 0 Å². The molecule has 4 nitrogen and oxygen atoms in total. The Hall–Kier alpha value is -1.55. The molecule has 0 fully saturated rings. The van der Waals surface area contributed by atoms with Crippen LogP contribution in [0.2, 0.25) is 0 Å². The van der Waals surface area contributed by atoms with Gasteiger partial charge in [-0.2, -0.15) is 0 Å². The summed E-state index contributed by atoms with van der Waals surface area (Å²) < 4.78 is 0. The van der Waals surface area contributed by atoms with Gasteiger partial charge in [0.1, 0.15) is 5.75 Å². The number of hydrogen-bond donors (Lipinski definition) is 3. The molecule has 0 aliphatic carbocycles. The fourth-order valence-corrected chi connectivity index (χ4v) is 2.43. The van der Waals surface area contributed by atoms with E-state index in [2.05, 4.69) is 26.1 Å². The highest BCUT2D eigenvalue weighted by Gasteiger charge is 2.24. The van der Waals surface area contributed by atoms with Gasteiger partial charge in [0.25, 0.3) is 0 Å². The van der Waals surface area contributed by atoms with Crippen LogP contribution in [0.3, 0.4) is 0 Å². The first-order chi connectivity index (χ1) is 9.74. The van der Waals surface area contributed by atoms with Gasteiger partial charge in [0.2, 0.25) is 5.91 Å². The minimum Gasteiger partial charge on any atom is -0.508 e. The van der Waals surface area contributed by atoms with E-state index >= 15 is 0 Å². The number of amides is 1. The van der Waals surface area contributed by atoms with Crippen molar-refractivity contribution in [2.45, 2.75) is 47.0 Å². The molecule has 1 rings (SSSR count). The van der Waals surface area contributed by atoms with Gasteiger partial charge in [0.05, 0.1) is 0 Å². The molecule has 0 aromatic heterocycles. The van der Waals surface area contributed by atoms with Crippen molar-refractivity contribution >= 4 is 11.6 Å². The molecular formula is C17H28N2O2. The summed E-state index contributed by atoms with van der Waals surface area (Å²) in [6.07, 6.45) is 2.23. The molecule has 0 saturated carbocycles. The molecule has 1 unspecified atom stereocenters. The van der Waals surface area contributed by atoms with Crippen LogP contribution in [0.1, 0.15) is 45.6 Å². The molecule has 1 aromatic carbocycles. The zero-order valence-corrected chi connectivity index (χ0v) is 13.6. The van der Waals surface area contributed by atoms with E-state index < -0.39 is 0 Å². The molecule has 0 aliphatic rings. The number of hydrogen-bond acceptors (Lipinski definition) is 3. The lowest BCUT2D eigenvalue weighted by atomic mass is 9.76. The highest BCUT2D eigenvalue weighted by Crippen LogP contribution is 2.32. The van der Waals surface area contributed by atoms with Crippen molar-refractivity contribution in [3.05, 3.63) is 23.8 Å². The van der Waals surface area contributed by atoms with Crippen molar-refractivity contribution < 1.29 is 9.90 Å². The molecule has 0 spiro atoms. The van der Waals surface area contributed by atoms with Crippen LogP contribution in [0.4, 0.5) is 5.69 Å².